The van der Waals surface area contributed by atoms with E-state index in [9.17, 15) is 9.59 Å². The van der Waals surface area contributed by atoms with Gasteiger partial charge in [0.2, 0.25) is 5.91 Å². The Labute approximate surface area is 118 Å². The Morgan fingerprint density at radius 2 is 2.05 bits per heavy atom. The van der Waals surface area contributed by atoms with Crippen LogP contribution >= 0.6 is 11.3 Å². The number of aryl methyl sites for hydroxylation is 2. The monoisotopic (exact) mass is 283 g/mol. The number of carbonyl (C=O) groups is 2. The Morgan fingerprint density at radius 1 is 1.37 bits per heavy atom. The van der Waals surface area contributed by atoms with Crippen molar-refractivity contribution < 1.29 is 14.3 Å². The van der Waals surface area contributed by atoms with Crippen molar-refractivity contribution in [3.05, 3.63) is 21.4 Å². The lowest BCUT2D eigenvalue weighted by atomic mass is 10.1. The van der Waals surface area contributed by atoms with E-state index in [4.69, 9.17) is 4.74 Å². The summed E-state index contributed by atoms with van der Waals surface area (Å²) in [6.07, 6.45) is 0.476. The van der Waals surface area contributed by atoms with E-state index in [2.05, 4.69) is 5.32 Å². The number of hydrogen-bond acceptors (Lipinski definition) is 4. The Bertz CT molecular complexity index is 454. The molecule has 1 aromatic rings. The maximum Gasteiger partial charge on any atom is 0.220 e. The SMILES string of the molecule is COC[C@H](C)NC(=O)CCC(=O)c1cc(C)sc1C. The summed E-state index contributed by atoms with van der Waals surface area (Å²) in [5.41, 5.74) is 0.750. The molecule has 0 aliphatic heterocycles. The standard InChI is InChI=1S/C14H21NO3S/c1-9(8-18-4)15-14(17)6-5-13(16)12-7-10(2)19-11(12)3/h7,9H,5-6,8H2,1-4H3,(H,15,17)/t9-/m0/s1. The number of nitrogens with one attached hydrogen (secondary N) is 1. The molecule has 0 saturated heterocycles. The Hall–Kier alpha value is -1.20. The first-order chi connectivity index (χ1) is 8.93. The van der Waals surface area contributed by atoms with Gasteiger partial charge in [0.25, 0.3) is 0 Å². The maximum atomic E-state index is 12.0. The van der Waals surface area contributed by atoms with Gasteiger partial charge in [-0.1, -0.05) is 0 Å². The predicted molar refractivity (Wildman–Crippen MR) is 76.8 cm³/mol. The summed E-state index contributed by atoms with van der Waals surface area (Å²) in [4.78, 5) is 25.8. The molecule has 1 aromatic heterocycles. The normalized spacial score (nSPS) is 12.2. The van der Waals surface area contributed by atoms with E-state index in [1.54, 1.807) is 18.4 Å². The van der Waals surface area contributed by atoms with E-state index in [-0.39, 0.29) is 30.6 Å². The number of ether oxygens (including phenoxy) is 1. The fourth-order valence-corrected chi connectivity index (χ4v) is 2.85. The minimum atomic E-state index is -0.109. The largest absolute Gasteiger partial charge is 0.383 e. The van der Waals surface area contributed by atoms with Gasteiger partial charge in [0, 0.05) is 41.3 Å². The number of thiophene rings is 1. The summed E-state index contributed by atoms with van der Waals surface area (Å²) in [5.74, 6) is -0.0705. The molecule has 0 bridgehead atoms. The number of hydrogen-bond donors (Lipinski definition) is 1. The molecule has 1 N–H and O–H groups in total. The Kier molecular flexibility index (Phi) is 6.18. The third-order valence-corrected chi connectivity index (χ3v) is 3.71. The molecule has 0 unspecified atom stereocenters. The van der Waals surface area contributed by atoms with Crippen LogP contribution < -0.4 is 5.32 Å². The molecule has 1 rings (SSSR count). The molecule has 1 heterocycles. The second-order valence-electron chi connectivity index (χ2n) is 4.67. The van der Waals surface area contributed by atoms with Gasteiger partial charge in [-0.05, 0) is 26.8 Å². The van der Waals surface area contributed by atoms with Crippen LogP contribution in [0.1, 0.15) is 39.9 Å². The lowest BCUT2D eigenvalue weighted by Crippen LogP contribution is -2.35. The molecule has 4 nitrogen and oxygen atoms in total. The van der Waals surface area contributed by atoms with Crippen LogP contribution in [-0.2, 0) is 9.53 Å². The van der Waals surface area contributed by atoms with Crippen molar-refractivity contribution in [3.63, 3.8) is 0 Å². The molecule has 106 valence electrons. The van der Waals surface area contributed by atoms with Gasteiger partial charge < -0.3 is 10.1 Å². The molecular formula is C14H21NO3S. The van der Waals surface area contributed by atoms with Gasteiger partial charge in [0.15, 0.2) is 5.78 Å². The predicted octanol–water partition coefficient (Wildman–Crippen LogP) is 2.48. The zero-order chi connectivity index (χ0) is 14.4. The average molecular weight is 283 g/mol. The average Bonchev–Trinajstić information content (AvgIpc) is 2.65. The highest BCUT2D eigenvalue weighted by Gasteiger charge is 2.14. The van der Waals surface area contributed by atoms with Crippen molar-refractivity contribution in [1.82, 2.24) is 5.32 Å². The maximum absolute atomic E-state index is 12.0. The second-order valence-corrected chi connectivity index (χ2v) is 6.13. The third kappa shape index (κ3) is 5.12. The third-order valence-electron chi connectivity index (χ3n) is 2.74. The zero-order valence-corrected chi connectivity index (χ0v) is 12.7. The quantitative estimate of drug-likeness (QED) is 0.782. The Balaban J connectivity index is 2.42. The van der Waals surface area contributed by atoms with Crippen LogP contribution in [0, 0.1) is 13.8 Å². The van der Waals surface area contributed by atoms with E-state index in [0.29, 0.717) is 6.61 Å². The van der Waals surface area contributed by atoms with E-state index in [0.717, 1.165) is 15.3 Å². The van der Waals surface area contributed by atoms with Gasteiger partial charge in [0.1, 0.15) is 0 Å². The van der Waals surface area contributed by atoms with Crippen LogP contribution in [0.25, 0.3) is 0 Å². The molecule has 0 aliphatic rings. The van der Waals surface area contributed by atoms with Crippen molar-refractivity contribution in [1.29, 1.82) is 0 Å². The lowest BCUT2D eigenvalue weighted by Gasteiger charge is -2.12. The minimum absolute atomic E-state index is 0.0299. The van der Waals surface area contributed by atoms with Gasteiger partial charge in [0.05, 0.1) is 6.61 Å². The van der Waals surface area contributed by atoms with Crippen molar-refractivity contribution in [2.75, 3.05) is 13.7 Å². The summed E-state index contributed by atoms with van der Waals surface area (Å²) >= 11 is 1.61. The molecule has 0 aliphatic carbocycles. The van der Waals surface area contributed by atoms with Gasteiger partial charge >= 0.3 is 0 Å². The van der Waals surface area contributed by atoms with E-state index < -0.39 is 0 Å². The fourth-order valence-electron chi connectivity index (χ4n) is 1.91. The summed E-state index contributed by atoms with van der Waals surface area (Å²) in [6, 6.07) is 1.87. The van der Waals surface area contributed by atoms with E-state index in [1.165, 1.54) is 0 Å². The molecule has 19 heavy (non-hydrogen) atoms. The molecule has 0 fully saturated rings. The highest BCUT2D eigenvalue weighted by atomic mass is 32.1. The molecule has 1 atom stereocenters. The van der Waals surface area contributed by atoms with Crippen LogP contribution in [0.3, 0.4) is 0 Å². The van der Waals surface area contributed by atoms with Gasteiger partial charge in [-0.25, -0.2) is 0 Å². The number of ketones is 1. The number of amides is 1. The smallest absolute Gasteiger partial charge is 0.220 e. The van der Waals surface area contributed by atoms with Crippen LogP contribution in [0.2, 0.25) is 0 Å². The second kappa shape index (κ2) is 7.40. The van der Waals surface area contributed by atoms with E-state index in [1.807, 2.05) is 26.8 Å². The van der Waals surface area contributed by atoms with Crippen molar-refractivity contribution in [3.8, 4) is 0 Å². The molecule has 0 aromatic carbocycles. The zero-order valence-electron chi connectivity index (χ0n) is 11.9. The summed E-state index contributed by atoms with van der Waals surface area (Å²) in [6.45, 7) is 6.26. The summed E-state index contributed by atoms with van der Waals surface area (Å²) in [7, 11) is 1.59. The molecule has 0 radical (unpaired) electrons. The van der Waals surface area contributed by atoms with Crippen LogP contribution in [0.5, 0.6) is 0 Å². The number of carbonyl (C=O) groups excluding carboxylic acids is 2. The Morgan fingerprint density at radius 3 is 2.58 bits per heavy atom. The van der Waals surface area contributed by atoms with Gasteiger partial charge in [-0.3, -0.25) is 9.59 Å². The van der Waals surface area contributed by atoms with Gasteiger partial charge in [-0.2, -0.15) is 0 Å². The molecule has 5 heteroatoms. The molecule has 0 spiro atoms. The van der Waals surface area contributed by atoms with E-state index >= 15 is 0 Å². The first-order valence-electron chi connectivity index (χ1n) is 6.32. The highest BCUT2D eigenvalue weighted by molar-refractivity contribution is 7.12. The first kappa shape index (κ1) is 15.9. The first-order valence-corrected chi connectivity index (χ1v) is 7.14. The van der Waals surface area contributed by atoms with Gasteiger partial charge in [-0.15, -0.1) is 11.3 Å². The van der Waals surface area contributed by atoms with Crippen molar-refractivity contribution >= 4 is 23.0 Å². The summed E-state index contributed by atoms with van der Waals surface area (Å²) < 4.78 is 4.94. The van der Waals surface area contributed by atoms with Crippen LogP contribution in [0.15, 0.2) is 6.07 Å². The van der Waals surface area contributed by atoms with Crippen molar-refractivity contribution in [2.24, 2.45) is 0 Å². The van der Waals surface area contributed by atoms with Crippen LogP contribution in [0.4, 0.5) is 0 Å². The molecule has 0 saturated carbocycles. The van der Waals surface area contributed by atoms with Crippen molar-refractivity contribution in [2.45, 2.75) is 39.7 Å². The number of rotatable bonds is 7. The van der Waals surface area contributed by atoms with Crippen LogP contribution in [-0.4, -0.2) is 31.4 Å². The molecule has 1 amide bonds. The fraction of sp³-hybridized carbons (Fsp3) is 0.571. The minimum Gasteiger partial charge on any atom is -0.383 e. The topological polar surface area (TPSA) is 55.4 Å². The lowest BCUT2D eigenvalue weighted by molar-refractivity contribution is -0.122. The molecular weight excluding hydrogens is 262 g/mol. The number of methoxy groups -OCH3 is 1. The number of Topliss-reactive ketones (excluding diaryl/α,β-unsaturated/α-hetero) is 1. The summed E-state index contributed by atoms with van der Waals surface area (Å²) in [5, 5.41) is 2.79. The highest BCUT2D eigenvalue weighted by Crippen LogP contribution is 2.22.